The molecule has 1 aromatic rings. The Morgan fingerprint density at radius 1 is 1.58 bits per heavy atom. The number of anilines is 1. The van der Waals surface area contributed by atoms with Gasteiger partial charge in [-0.2, -0.15) is 0 Å². The summed E-state index contributed by atoms with van der Waals surface area (Å²) in [5, 5.41) is 11.6. The van der Waals surface area contributed by atoms with Gasteiger partial charge in [0.05, 0.1) is 5.56 Å². The largest absolute Gasteiger partial charge is 0.478 e. The SMILES string of the molecule is CNc1ccc(I)c(C(=O)O)c1. The molecule has 0 spiro atoms. The molecule has 0 atom stereocenters. The Morgan fingerprint density at radius 2 is 2.25 bits per heavy atom. The zero-order valence-electron chi connectivity index (χ0n) is 6.47. The van der Waals surface area contributed by atoms with Crippen LogP contribution < -0.4 is 5.32 Å². The molecule has 2 N–H and O–H groups in total. The highest BCUT2D eigenvalue weighted by Gasteiger charge is 2.07. The minimum Gasteiger partial charge on any atom is -0.478 e. The Labute approximate surface area is 83.9 Å². The van der Waals surface area contributed by atoms with Crippen molar-refractivity contribution < 1.29 is 9.90 Å². The van der Waals surface area contributed by atoms with Crippen molar-refractivity contribution in [3.8, 4) is 0 Å². The van der Waals surface area contributed by atoms with Crippen molar-refractivity contribution in [3.05, 3.63) is 27.3 Å². The highest BCUT2D eigenvalue weighted by atomic mass is 127. The van der Waals surface area contributed by atoms with Crippen molar-refractivity contribution in [2.24, 2.45) is 0 Å². The third kappa shape index (κ3) is 1.88. The predicted octanol–water partition coefficient (Wildman–Crippen LogP) is 2.03. The van der Waals surface area contributed by atoms with E-state index in [-0.39, 0.29) is 0 Å². The van der Waals surface area contributed by atoms with Gasteiger partial charge in [0.2, 0.25) is 0 Å². The smallest absolute Gasteiger partial charge is 0.336 e. The van der Waals surface area contributed by atoms with Crippen LogP contribution in [-0.2, 0) is 0 Å². The Morgan fingerprint density at radius 3 is 2.75 bits per heavy atom. The first-order valence-corrected chi connectivity index (χ1v) is 4.43. The monoisotopic (exact) mass is 277 g/mol. The summed E-state index contributed by atoms with van der Waals surface area (Å²) in [6, 6.07) is 5.23. The lowest BCUT2D eigenvalue weighted by Gasteiger charge is -2.02. The van der Waals surface area contributed by atoms with Crippen LogP contribution in [0, 0.1) is 3.57 Å². The fraction of sp³-hybridized carbons (Fsp3) is 0.125. The summed E-state index contributed by atoms with van der Waals surface area (Å²) in [7, 11) is 1.76. The van der Waals surface area contributed by atoms with Gasteiger partial charge in [0.15, 0.2) is 0 Å². The predicted molar refractivity (Wildman–Crippen MR) is 55.7 cm³/mol. The molecular weight excluding hydrogens is 269 g/mol. The second kappa shape index (κ2) is 3.75. The Hall–Kier alpha value is -0.780. The third-order valence-corrected chi connectivity index (χ3v) is 2.43. The number of rotatable bonds is 2. The topological polar surface area (TPSA) is 49.3 Å². The fourth-order valence-corrected chi connectivity index (χ4v) is 1.41. The quantitative estimate of drug-likeness (QED) is 0.813. The maximum Gasteiger partial charge on any atom is 0.336 e. The third-order valence-electron chi connectivity index (χ3n) is 1.49. The molecule has 0 saturated heterocycles. The number of carboxylic acids is 1. The molecule has 0 unspecified atom stereocenters. The standard InChI is InChI=1S/C8H8INO2/c1-10-5-2-3-7(9)6(4-5)8(11)12/h2-4,10H,1H3,(H,11,12). The van der Waals surface area contributed by atoms with Gasteiger partial charge in [0, 0.05) is 16.3 Å². The molecule has 0 fully saturated rings. The van der Waals surface area contributed by atoms with Gasteiger partial charge < -0.3 is 10.4 Å². The molecular formula is C8H8INO2. The number of nitrogens with one attached hydrogen (secondary N) is 1. The van der Waals surface area contributed by atoms with Crippen molar-refractivity contribution in [3.63, 3.8) is 0 Å². The van der Waals surface area contributed by atoms with Crippen molar-refractivity contribution in [2.75, 3.05) is 12.4 Å². The highest BCUT2D eigenvalue weighted by Crippen LogP contribution is 2.17. The molecule has 0 amide bonds. The van der Waals surface area contributed by atoms with Crippen LogP contribution in [0.15, 0.2) is 18.2 Å². The highest BCUT2D eigenvalue weighted by molar-refractivity contribution is 14.1. The first-order chi connectivity index (χ1) is 5.65. The van der Waals surface area contributed by atoms with Gasteiger partial charge in [-0.15, -0.1) is 0 Å². The van der Waals surface area contributed by atoms with Gasteiger partial charge in [0.1, 0.15) is 0 Å². The van der Waals surface area contributed by atoms with Crippen LogP contribution in [0.5, 0.6) is 0 Å². The van der Waals surface area contributed by atoms with E-state index in [0.29, 0.717) is 5.56 Å². The van der Waals surface area contributed by atoms with Crippen LogP contribution >= 0.6 is 22.6 Å². The molecule has 0 radical (unpaired) electrons. The van der Waals surface area contributed by atoms with Gasteiger partial charge in [-0.1, -0.05) is 0 Å². The molecule has 12 heavy (non-hydrogen) atoms. The van der Waals surface area contributed by atoms with E-state index in [4.69, 9.17) is 5.11 Å². The van der Waals surface area contributed by atoms with Gasteiger partial charge in [-0.3, -0.25) is 0 Å². The molecule has 0 saturated carbocycles. The van der Waals surface area contributed by atoms with Crippen LogP contribution in [0.3, 0.4) is 0 Å². The van der Waals surface area contributed by atoms with Crippen molar-refractivity contribution in [2.45, 2.75) is 0 Å². The first kappa shape index (κ1) is 9.31. The molecule has 0 aliphatic heterocycles. The Bertz CT molecular complexity index is 312. The van der Waals surface area contributed by atoms with E-state index >= 15 is 0 Å². The zero-order valence-corrected chi connectivity index (χ0v) is 8.62. The van der Waals surface area contributed by atoms with Crippen LogP contribution in [0.25, 0.3) is 0 Å². The molecule has 0 aliphatic rings. The minimum atomic E-state index is -0.892. The molecule has 0 aromatic heterocycles. The molecule has 0 heterocycles. The number of aromatic carboxylic acids is 1. The summed E-state index contributed by atoms with van der Waals surface area (Å²) in [4.78, 5) is 10.7. The number of hydrogen-bond acceptors (Lipinski definition) is 2. The number of carbonyl (C=O) groups is 1. The lowest BCUT2D eigenvalue weighted by Crippen LogP contribution is -2.00. The van der Waals surface area contributed by atoms with E-state index in [9.17, 15) is 4.79 Å². The molecule has 3 nitrogen and oxygen atoms in total. The zero-order chi connectivity index (χ0) is 9.14. The van der Waals surface area contributed by atoms with E-state index in [1.54, 1.807) is 19.2 Å². The van der Waals surface area contributed by atoms with Crippen molar-refractivity contribution in [1.29, 1.82) is 0 Å². The van der Waals surface area contributed by atoms with E-state index in [1.807, 2.05) is 28.7 Å². The van der Waals surface area contributed by atoms with Crippen LogP contribution in [0.2, 0.25) is 0 Å². The van der Waals surface area contributed by atoms with Gasteiger partial charge >= 0.3 is 5.97 Å². The van der Waals surface area contributed by atoms with Gasteiger partial charge in [-0.25, -0.2) is 4.79 Å². The number of carboxylic acid groups (broad SMARTS) is 1. The molecule has 1 rings (SSSR count). The van der Waals surface area contributed by atoms with Gasteiger partial charge in [-0.05, 0) is 40.8 Å². The van der Waals surface area contributed by atoms with E-state index in [0.717, 1.165) is 9.26 Å². The maximum atomic E-state index is 10.7. The maximum absolute atomic E-state index is 10.7. The van der Waals surface area contributed by atoms with E-state index in [1.165, 1.54) is 0 Å². The van der Waals surface area contributed by atoms with Crippen LogP contribution in [-0.4, -0.2) is 18.1 Å². The molecule has 64 valence electrons. The lowest BCUT2D eigenvalue weighted by atomic mass is 10.2. The second-order valence-electron chi connectivity index (χ2n) is 2.25. The Balaban J connectivity index is 3.17. The summed E-state index contributed by atoms with van der Waals surface area (Å²) in [6.45, 7) is 0. The number of halogens is 1. The molecule has 4 heteroatoms. The minimum absolute atomic E-state index is 0.336. The van der Waals surface area contributed by atoms with E-state index < -0.39 is 5.97 Å². The first-order valence-electron chi connectivity index (χ1n) is 3.35. The molecule has 1 aromatic carbocycles. The van der Waals surface area contributed by atoms with Crippen molar-refractivity contribution in [1.82, 2.24) is 0 Å². The van der Waals surface area contributed by atoms with Crippen LogP contribution in [0.1, 0.15) is 10.4 Å². The normalized spacial score (nSPS) is 9.50. The number of hydrogen-bond donors (Lipinski definition) is 2. The van der Waals surface area contributed by atoms with E-state index in [2.05, 4.69) is 5.32 Å². The second-order valence-corrected chi connectivity index (χ2v) is 3.41. The Kier molecular flexibility index (Phi) is 2.91. The fourth-order valence-electron chi connectivity index (χ4n) is 0.845. The average Bonchev–Trinajstić information content (AvgIpc) is 2.05. The summed E-state index contributed by atoms with van der Waals surface area (Å²) in [5.41, 5.74) is 1.15. The average molecular weight is 277 g/mol. The number of benzene rings is 1. The van der Waals surface area contributed by atoms with Crippen molar-refractivity contribution >= 4 is 34.2 Å². The summed E-state index contributed by atoms with van der Waals surface area (Å²) in [5.74, 6) is -0.892. The summed E-state index contributed by atoms with van der Waals surface area (Å²) < 4.78 is 0.749. The van der Waals surface area contributed by atoms with Crippen LogP contribution in [0.4, 0.5) is 5.69 Å². The summed E-state index contributed by atoms with van der Waals surface area (Å²) in [6.07, 6.45) is 0. The van der Waals surface area contributed by atoms with Gasteiger partial charge in [0.25, 0.3) is 0 Å². The summed E-state index contributed by atoms with van der Waals surface area (Å²) >= 11 is 2.00. The lowest BCUT2D eigenvalue weighted by molar-refractivity contribution is 0.0696. The molecule has 0 bridgehead atoms. The molecule has 0 aliphatic carbocycles.